The molecule has 11 rings (SSSR count). The number of pyridine rings is 2. The van der Waals surface area contributed by atoms with E-state index in [-0.39, 0.29) is 0 Å². The summed E-state index contributed by atoms with van der Waals surface area (Å²) < 4.78 is 7.38. The number of para-hydroxylation sites is 3. The summed E-state index contributed by atoms with van der Waals surface area (Å²) in [5.41, 5.74) is 11.1. The Morgan fingerprint density at radius 3 is 1.37 bits per heavy atom. The Morgan fingerprint density at radius 2 is 0.843 bits per heavy atom. The summed E-state index contributed by atoms with van der Waals surface area (Å²) in [5, 5.41) is 7.61. The molecule has 0 atom stereocenters. The average molecular weight is 669 g/mol. The predicted molar refractivity (Wildman–Crippen MR) is 214 cm³/mol. The summed E-state index contributed by atoms with van der Waals surface area (Å²) in [6.07, 6.45) is 3.71. The molecule has 0 N–H and O–H groups in total. The number of thiophene rings is 1. The van der Waals surface area contributed by atoms with Crippen molar-refractivity contribution in [2.75, 3.05) is 0 Å². The van der Waals surface area contributed by atoms with Crippen LogP contribution in [0.2, 0.25) is 0 Å². The van der Waals surface area contributed by atoms with Gasteiger partial charge in [0, 0.05) is 76.6 Å². The van der Waals surface area contributed by atoms with Crippen LogP contribution in [0.15, 0.2) is 170 Å². The van der Waals surface area contributed by atoms with Gasteiger partial charge in [-0.25, -0.2) is 0 Å². The predicted octanol–water partition coefficient (Wildman–Crippen LogP) is 12.4. The van der Waals surface area contributed by atoms with Gasteiger partial charge in [0.1, 0.15) is 0 Å². The SMILES string of the molecule is c1ccc(-n2c3ccccc3c3cc4c(cc32)sc2cc3c(cc24)c2ccccc2n3-c2cc(-c3ccccn3)cc(-c3ccccn3)c2)cc1. The number of hydrogen-bond acceptors (Lipinski definition) is 3. The number of hydrogen-bond donors (Lipinski definition) is 0. The summed E-state index contributed by atoms with van der Waals surface area (Å²) in [7, 11) is 0. The topological polar surface area (TPSA) is 35.6 Å². The zero-order valence-corrected chi connectivity index (χ0v) is 28.2. The van der Waals surface area contributed by atoms with Crippen molar-refractivity contribution in [3.63, 3.8) is 0 Å². The molecule has 238 valence electrons. The molecule has 0 radical (unpaired) electrons. The van der Waals surface area contributed by atoms with E-state index in [0.717, 1.165) is 28.2 Å². The van der Waals surface area contributed by atoms with Gasteiger partial charge in [0.25, 0.3) is 0 Å². The number of nitrogens with zero attached hydrogens (tertiary/aromatic N) is 4. The van der Waals surface area contributed by atoms with E-state index in [4.69, 9.17) is 9.97 Å². The van der Waals surface area contributed by atoms with Crippen molar-refractivity contribution in [1.29, 1.82) is 0 Å². The molecule has 4 nitrogen and oxygen atoms in total. The van der Waals surface area contributed by atoms with Crippen LogP contribution in [0.3, 0.4) is 0 Å². The third-order valence-corrected chi connectivity index (χ3v) is 11.3. The molecule has 0 unspecified atom stereocenters. The van der Waals surface area contributed by atoms with Gasteiger partial charge < -0.3 is 9.13 Å². The van der Waals surface area contributed by atoms with E-state index < -0.39 is 0 Å². The lowest BCUT2D eigenvalue weighted by molar-refractivity contribution is 1.18. The van der Waals surface area contributed by atoms with Crippen LogP contribution in [0.1, 0.15) is 0 Å². The molecule has 0 spiro atoms. The van der Waals surface area contributed by atoms with Crippen molar-refractivity contribution < 1.29 is 0 Å². The molecular weight excluding hydrogens is 641 g/mol. The van der Waals surface area contributed by atoms with Gasteiger partial charge in [-0.3, -0.25) is 9.97 Å². The van der Waals surface area contributed by atoms with E-state index in [0.29, 0.717) is 0 Å². The molecule has 0 aliphatic carbocycles. The van der Waals surface area contributed by atoms with Crippen LogP contribution in [0.4, 0.5) is 0 Å². The zero-order chi connectivity index (χ0) is 33.5. The monoisotopic (exact) mass is 668 g/mol. The normalized spacial score (nSPS) is 11.9. The Labute approximate surface area is 297 Å². The van der Waals surface area contributed by atoms with Gasteiger partial charge >= 0.3 is 0 Å². The van der Waals surface area contributed by atoms with Crippen molar-refractivity contribution in [1.82, 2.24) is 19.1 Å². The molecule has 6 aromatic carbocycles. The third kappa shape index (κ3) is 4.32. The highest BCUT2D eigenvalue weighted by molar-refractivity contribution is 7.26. The summed E-state index contributed by atoms with van der Waals surface area (Å²) in [4.78, 5) is 9.46. The zero-order valence-electron chi connectivity index (χ0n) is 27.4. The fourth-order valence-corrected chi connectivity index (χ4v) is 9.07. The van der Waals surface area contributed by atoms with Crippen LogP contribution in [-0.2, 0) is 0 Å². The highest BCUT2D eigenvalue weighted by Crippen LogP contribution is 2.44. The number of aromatic nitrogens is 4. The van der Waals surface area contributed by atoms with Gasteiger partial charge in [-0.05, 0) is 91.0 Å². The Hall–Kier alpha value is -6.56. The number of benzene rings is 6. The van der Waals surface area contributed by atoms with E-state index in [9.17, 15) is 0 Å². The van der Waals surface area contributed by atoms with E-state index in [1.807, 2.05) is 48.0 Å². The molecule has 0 amide bonds. The van der Waals surface area contributed by atoms with Crippen molar-refractivity contribution in [2.45, 2.75) is 0 Å². The van der Waals surface area contributed by atoms with Gasteiger partial charge in [0.2, 0.25) is 0 Å². The van der Waals surface area contributed by atoms with Crippen LogP contribution in [0, 0.1) is 0 Å². The maximum atomic E-state index is 4.73. The van der Waals surface area contributed by atoms with Gasteiger partial charge in [0.15, 0.2) is 0 Å². The Bertz CT molecular complexity index is 3060. The maximum Gasteiger partial charge on any atom is 0.0702 e. The van der Waals surface area contributed by atoms with Crippen LogP contribution >= 0.6 is 11.3 Å². The van der Waals surface area contributed by atoms with Gasteiger partial charge in [-0.1, -0.05) is 66.7 Å². The molecule has 11 aromatic rings. The molecule has 0 saturated heterocycles. The molecule has 0 aliphatic rings. The minimum Gasteiger partial charge on any atom is -0.309 e. The third-order valence-electron chi connectivity index (χ3n) is 10.2. The summed E-state index contributed by atoms with van der Waals surface area (Å²) in [5.74, 6) is 0. The first-order valence-corrected chi connectivity index (χ1v) is 18.0. The van der Waals surface area contributed by atoms with Crippen molar-refractivity contribution in [3.8, 4) is 33.9 Å². The van der Waals surface area contributed by atoms with Crippen molar-refractivity contribution in [3.05, 3.63) is 170 Å². The lowest BCUT2D eigenvalue weighted by atomic mass is 10.0. The first kappa shape index (κ1) is 28.3. The summed E-state index contributed by atoms with van der Waals surface area (Å²) >= 11 is 1.87. The van der Waals surface area contributed by atoms with E-state index in [1.54, 1.807) is 0 Å². The Kier molecular flexibility index (Phi) is 6.09. The fourth-order valence-electron chi connectivity index (χ4n) is 7.94. The van der Waals surface area contributed by atoms with Crippen LogP contribution < -0.4 is 0 Å². The van der Waals surface area contributed by atoms with E-state index in [1.165, 1.54) is 69.5 Å². The van der Waals surface area contributed by atoms with Crippen LogP contribution in [0.25, 0.3) is 97.7 Å². The van der Waals surface area contributed by atoms with Crippen LogP contribution in [0.5, 0.6) is 0 Å². The van der Waals surface area contributed by atoms with E-state index >= 15 is 0 Å². The van der Waals surface area contributed by atoms with Gasteiger partial charge in [0.05, 0.1) is 33.5 Å². The Balaban J connectivity index is 1.20. The summed E-state index contributed by atoms with van der Waals surface area (Å²) in [6.45, 7) is 0. The highest BCUT2D eigenvalue weighted by atomic mass is 32.1. The van der Waals surface area contributed by atoms with Gasteiger partial charge in [-0.15, -0.1) is 11.3 Å². The highest BCUT2D eigenvalue weighted by Gasteiger charge is 2.19. The molecule has 5 heterocycles. The first-order chi connectivity index (χ1) is 25.3. The fraction of sp³-hybridized carbons (Fsp3) is 0. The lowest BCUT2D eigenvalue weighted by Gasteiger charge is -2.13. The lowest BCUT2D eigenvalue weighted by Crippen LogP contribution is -1.97. The van der Waals surface area contributed by atoms with Crippen LogP contribution in [-0.4, -0.2) is 19.1 Å². The second kappa shape index (κ2) is 11.0. The second-order valence-corrected chi connectivity index (χ2v) is 14.2. The number of fused-ring (bicyclic) bond motifs is 9. The van der Waals surface area contributed by atoms with Crippen molar-refractivity contribution >= 4 is 75.1 Å². The molecule has 0 aliphatic heterocycles. The molecule has 0 bridgehead atoms. The van der Waals surface area contributed by atoms with Gasteiger partial charge in [-0.2, -0.15) is 0 Å². The largest absolute Gasteiger partial charge is 0.309 e. The summed E-state index contributed by atoms with van der Waals surface area (Å²) in [6, 6.07) is 56.7. The molecule has 0 fully saturated rings. The molecular formula is C46H28N4S. The second-order valence-electron chi connectivity index (χ2n) is 13.1. The van der Waals surface area contributed by atoms with E-state index in [2.05, 4.69) is 143 Å². The Morgan fingerprint density at radius 1 is 0.353 bits per heavy atom. The number of rotatable bonds is 4. The molecule has 51 heavy (non-hydrogen) atoms. The molecule has 0 saturated carbocycles. The minimum atomic E-state index is 0.934. The standard InChI is InChI=1S/C46H28N4S/c1-2-12-31(13-3-1)49-41-18-6-4-14-33(41)35-25-37-38-26-36-34-15-5-7-19-42(34)50(44(36)28-46(38)51-45(37)27-43(35)49)32-23-29(39-16-8-10-20-47-39)22-30(24-32)40-17-9-11-21-48-40/h1-28H. The quantitative estimate of drug-likeness (QED) is 0.187. The molecule has 5 heteroatoms. The minimum absolute atomic E-state index is 0.934. The maximum absolute atomic E-state index is 4.73. The molecule has 5 aromatic heterocycles. The average Bonchev–Trinajstić information content (AvgIpc) is 3.83. The smallest absolute Gasteiger partial charge is 0.0702 e. The first-order valence-electron chi connectivity index (χ1n) is 17.1. The van der Waals surface area contributed by atoms with Crippen molar-refractivity contribution in [2.24, 2.45) is 0 Å².